The van der Waals surface area contributed by atoms with Gasteiger partial charge in [0.2, 0.25) is 0 Å². The molecule has 0 heterocycles. The van der Waals surface area contributed by atoms with Crippen LogP contribution in [0, 0.1) is 17.8 Å². The maximum Gasteiger partial charge on any atom is 0.0543 e. The van der Waals surface area contributed by atoms with Gasteiger partial charge in [0.1, 0.15) is 0 Å². The Hall–Kier alpha value is -0.0800. The van der Waals surface area contributed by atoms with E-state index in [2.05, 4.69) is 5.32 Å². The highest BCUT2D eigenvalue weighted by Gasteiger charge is 2.32. The Morgan fingerprint density at radius 1 is 0.762 bits per heavy atom. The monoisotopic (exact) mass is 293 g/mol. The first-order chi connectivity index (χ1) is 10.3. The molecule has 0 amide bonds. The molecule has 3 aliphatic rings. The predicted octanol–water partition coefficient (Wildman–Crippen LogP) is 4.27. The zero-order valence-corrected chi connectivity index (χ0v) is 13.7. The highest BCUT2D eigenvalue weighted by molar-refractivity contribution is 4.88. The molecule has 3 rings (SSSR count). The number of rotatable bonds is 4. The maximum atomic E-state index is 9.84. The molecule has 0 radical (unpaired) electrons. The van der Waals surface area contributed by atoms with Gasteiger partial charge >= 0.3 is 0 Å². The van der Waals surface area contributed by atoms with Crippen LogP contribution in [-0.2, 0) is 0 Å². The lowest BCUT2D eigenvalue weighted by atomic mass is 9.71. The van der Waals surface area contributed by atoms with Gasteiger partial charge in [0.05, 0.1) is 6.10 Å². The molecule has 0 aliphatic heterocycles. The van der Waals surface area contributed by atoms with Crippen LogP contribution in [0.5, 0.6) is 0 Å². The Morgan fingerprint density at radius 2 is 1.52 bits per heavy atom. The van der Waals surface area contributed by atoms with Crippen LogP contribution in [0.25, 0.3) is 0 Å². The van der Waals surface area contributed by atoms with Crippen molar-refractivity contribution in [2.75, 3.05) is 6.54 Å². The van der Waals surface area contributed by atoms with E-state index < -0.39 is 0 Å². The van der Waals surface area contributed by atoms with E-state index in [4.69, 9.17) is 0 Å². The first-order valence-electron chi connectivity index (χ1n) is 9.74. The van der Waals surface area contributed by atoms with E-state index in [0.717, 1.165) is 43.2 Å². The van der Waals surface area contributed by atoms with Crippen LogP contribution in [0.4, 0.5) is 0 Å². The van der Waals surface area contributed by atoms with Crippen molar-refractivity contribution >= 4 is 0 Å². The van der Waals surface area contributed by atoms with E-state index in [0.29, 0.717) is 0 Å². The van der Waals surface area contributed by atoms with Gasteiger partial charge in [0.25, 0.3) is 0 Å². The topological polar surface area (TPSA) is 32.3 Å². The third kappa shape index (κ3) is 4.45. The second kappa shape index (κ2) is 7.97. The molecule has 0 aromatic rings. The molecule has 0 spiro atoms. The summed E-state index contributed by atoms with van der Waals surface area (Å²) in [7, 11) is 0. The van der Waals surface area contributed by atoms with Crippen LogP contribution in [0.3, 0.4) is 0 Å². The predicted molar refractivity (Wildman–Crippen MR) is 88.3 cm³/mol. The number of aliphatic hydroxyl groups excluding tert-OH is 1. The highest BCUT2D eigenvalue weighted by Crippen LogP contribution is 2.38. The number of hydrogen-bond acceptors (Lipinski definition) is 2. The molecule has 3 aliphatic carbocycles. The summed E-state index contributed by atoms with van der Waals surface area (Å²) in [5, 5.41) is 13.8. The fraction of sp³-hybridized carbons (Fsp3) is 1.00. The SMILES string of the molecule is OC1CCCC(CNC2CCCCC2C2CCCCC2)C1. The molecule has 3 saturated carbocycles. The average molecular weight is 293 g/mol. The van der Waals surface area contributed by atoms with Gasteiger partial charge in [0, 0.05) is 6.04 Å². The molecule has 21 heavy (non-hydrogen) atoms. The van der Waals surface area contributed by atoms with Crippen LogP contribution in [0.1, 0.15) is 83.5 Å². The van der Waals surface area contributed by atoms with Gasteiger partial charge in [-0.05, 0) is 56.4 Å². The molecule has 4 unspecified atom stereocenters. The van der Waals surface area contributed by atoms with Crippen molar-refractivity contribution in [1.82, 2.24) is 5.32 Å². The van der Waals surface area contributed by atoms with E-state index in [9.17, 15) is 5.11 Å². The summed E-state index contributed by atoms with van der Waals surface area (Å²) < 4.78 is 0. The van der Waals surface area contributed by atoms with Crippen LogP contribution >= 0.6 is 0 Å². The minimum absolute atomic E-state index is 0.0222. The van der Waals surface area contributed by atoms with Crippen LogP contribution in [-0.4, -0.2) is 23.8 Å². The van der Waals surface area contributed by atoms with Gasteiger partial charge in [0.15, 0.2) is 0 Å². The van der Waals surface area contributed by atoms with Crippen molar-refractivity contribution in [3.8, 4) is 0 Å². The Bertz CT molecular complexity index is 300. The molecule has 122 valence electrons. The number of nitrogens with one attached hydrogen (secondary N) is 1. The summed E-state index contributed by atoms with van der Waals surface area (Å²) in [5.41, 5.74) is 0. The number of aliphatic hydroxyl groups is 1. The van der Waals surface area contributed by atoms with Gasteiger partial charge in [-0.2, -0.15) is 0 Å². The van der Waals surface area contributed by atoms with Gasteiger partial charge in [-0.1, -0.05) is 51.4 Å². The minimum atomic E-state index is -0.0222. The first kappa shape index (κ1) is 15.8. The lowest BCUT2D eigenvalue weighted by Crippen LogP contribution is -2.44. The second-order valence-corrected chi connectivity index (χ2v) is 8.05. The van der Waals surface area contributed by atoms with Crippen molar-refractivity contribution in [2.24, 2.45) is 17.8 Å². The van der Waals surface area contributed by atoms with E-state index in [1.165, 1.54) is 70.6 Å². The normalized spacial score (nSPS) is 39.3. The van der Waals surface area contributed by atoms with Crippen molar-refractivity contribution in [1.29, 1.82) is 0 Å². The maximum absolute atomic E-state index is 9.84. The summed E-state index contributed by atoms with van der Waals surface area (Å²) in [6, 6.07) is 0.779. The molecule has 0 bridgehead atoms. The smallest absolute Gasteiger partial charge is 0.0543 e. The number of hydrogen-bond donors (Lipinski definition) is 2. The average Bonchev–Trinajstić information content (AvgIpc) is 2.54. The summed E-state index contributed by atoms with van der Waals surface area (Å²) in [4.78, 5) is 0. The van der Waals surface area contributed by atoms with Gasteiger partial charge < -0.3 is 10.4 Å². The first-order valence-corrected chi connectivity index (χ1v) is 9.74. The Labute approximate surface area is 131 Å². The molecular weight excluding hydrogens is 258 g/mol. The molecule has 3 fully saturated rings. The molecule has 0 saturated heterocycles. The molecule has 2 nitrogen and oxygen atoms in total. The van der Waals surface area contributed by atoms with Gasteiger partial charge in [-0.15, -0.1) is 0 Å². The summed E-state index contributed by atoms with van der Waals surface area (Å²) in [5.74, 6) is 2.68. The van der Waals surface area contributed by atoms with Crippen molar-refractivity contribution in [2.45, 2.75) is 95.6 Å². The lowest BCUT2D eigenvalue weighted by molar-refractivity contribution is 0.0931. The van der Waals surface area contributed by atoms with Gasteiger partial charge in [-0.3, -0.25) is 0 Å². The van der Waals surface area contributed by atoms with E-state index in [1.807, 2.05) is 0 Å². The molecule has 4 atom stereocenters. The quantitative estimate of drug-likeness (QED) is 0.811. The molecule has 2 N–H and O–H groups in total. The largest absolute Gasteiger partial charge is 0.393 e. The van der Waals surface area contributed by atoms with Crippen molar-refractivity contribution in [3.05, 3.63) is 0 Å². The zero-order valence-electron chi connectivity index (χ0n) is 13.7. The van der Waals surface area contributed by atoms with Gasteiger partial charge in [-0.25, -0.2) is 0 Å². The molecular formula is C19H35NO. The zero-order chi connectivity index (χ0) is 14.5. The van der Waals surface area contributed by atoms with Crippen LogP contribution in [0.2, 0.25) is 0 Å². The highest BCUT2D eigenvalue weighted by atomic mass is 16.3. The molecule has 2 heteroatoms. The van der Waals surface area contributed by atoms with Crippen LogP contribution < -0.4 is 5.32 Å². The standard InChI is InChI=1S/C19H35NO/c21-17-10-6-7-15(13-17)14-20-19-12-5-4-11-18(19)16-8-2-1-3-9-16/h15-21H,1-14H2. The van der Waals surface area contributed by atoms with E-state index >= 15 is 0 Å². The van der Waals surface area contributed by atoms with Crippen molar-refractivity contribution in [3.63, 3.8) is 0 Å². The lowest BCUT2D eigenvalue weighted by Gasteiger charge is -2.40. The summed E-state index contributed by atoms with van der Waals surface area (Å²) >= 11 is 0. The van der Waals surface area contributed by atoms with E-state index in [1.54, 1.807) is 0 Å². The minimum Gasteiger partial charge on any atom is -0.393 e. The Balaban J connectivity index is 1.49. The molecule has 0 aromatic heterocycles. The van der Waals surface area contributed by atoms with Crippen molar-refractivity contribution < 1.29 is 5.11 Å². The Kier molecular flexibility index (Phi) is 5.99. The summed E-state index contributed by atoms with van der Waals surface area (Å²) in [6.45, 7) is 1.16. The third-order valence-corrected chi connectivity index (χ3v) is 6.50. The fourth-order valence-corrected chi connectivity index (χ4v) is 5.31. The fourth-order valence-electron chi connectivity index (χ4n) is 5.31. The summed E-state index contributed by atoms with van der Waals surface area (Å²) in [6.07, 6.45) is 17.8. The third-order valence-electron chi connectivity index (χ3n) is 6.50. The Morgan fingerprint density at radius 3 is 2.33 bits per heavy atom. The molecule has 0 aromatic carbocycles. The van der Waals surface area contributed by atoms with Crippen LogP contribution in [0.15, 0.2) is 0 Å². The van der Waals surface area contributed by atoms with E-state index in [-0.39, 0.29) is 6.10 Å². The second-order valence-electron chi connectivity index (χ2n) is 8.05.